The third-order valence-corrected chi connectivity index (χ3v) is 7.49. The number of ether oxygens (including phenoxy) is 1. The third-order valence-electron chi connectivity index (χ3n) is 7.49. The Balaban J connectivity index is 1.32. The van der Waals surface area contributed by atoms with Crippen molar-refractivity contribution in [2.75, 3.05) is 35.8 Å². The lowest BCUT2D eigenvalue weighted by molar-refractivity contribution is 0.102. The first-order chi connectivity index (χ1) is 19.9. The van der Waals surface area contributed by atoms with Gasteiger partial charge in [-0.1, -0.05) is 0 Å². The highest BCUT2D eigenvalue weighted by Gasteiger charge is 2.30. The molecule has 6 heterocycles. The molecule has 1 fully saturated rings. The van der Waals surface area contributed by atoms with Crippen LogP contribution in [0.1, 0.15) is 28.5 Å². The van der Waals surface area contributed by atoms with E-state index >= 15 is 4.39 Å². The van der Waals surface area contributed by atoms with E-state index in [1.54, 1.807) is 31.6 Å². The number of aryl methyl sites for hydroxylation is 1. The molecular weight excluding hydrogens is 529 g/mol. The van der Waals surface area contributed by atoms with E-state index in [4.69, 9.17) is 4.74 Å². The minimum atomic E-state index is -0.443. The van der Waals surface area contributed by atoms with Crippen molar-refractivity contribution in [1.82, 2.24) is 29.5 Å². The van der Waals surface area contributed by atoms with Crippen molar-refractivity contribution in [3.8, 4) is 11.1 Å². The molecule has 1 atom stereocenters. The number of carbonyl (C=O) groups is 1. The van der Waals surface area contributed by atoms with E-state index in [9.17, 15) is 9.59 Å². The van der Waals surface area contributed by atoms with Crippen LogP contribution in [0.15, 0.2) is 53.8 Å². The standard InChI is InChI=1S/C28H26FN9O3/c1-36-13-23-19(11-32-38(23)17-4-6-41-14-17)18-7-16(29)8-22(26(18)36)33-21-9-24(34-20-3-5-30-28(40)25(20)21)35-27(39)15-10-31-37(2)12-15/h3,5,7-12,17H,4,6,13-14H2,1-2H3,(H,30,40)(H2,33,34,35,39). The molecular formula is C28H26FN9O3. The summed E-state index contributed by atoms with van der Waals surface area (Å²) in [5.41, 5.74) is 4.49. The molecule has 2 aliphatic heterocycles. The number of nitrogens with one attached hydrogen (secondary N) is 3. The smallest absolute Gasteiger partial charge is 0.260 e. The number of hydrogen-bond donors (Lipinski definition) is 3. The maximum Gasteiger partial charge on any atom is 0.260 e. The van der Waals surface area contributed by atoms with Gasteiger partial charge >= 0.3 is 0 Å². The monoisotopic (exact) mass is 555 g/mol. The molecule has 208 valence electrons. The van der Waals surface area contributed by atoms with Gasteiger partial charge in [0.1, 0.15) is 11.6 Å². The summed E-state index contributed by atoms with van der Waals surface area (Å²) < 4.78 is 24.3. The maximum atomic E-state index is 15.2. The van der Waals surface area contributed by atoms with Crippen molar-refractivity contribution in [3.63, 3.8) is 0 Å². The Morgan fingerprint density at radius 2 is 2.02 bits per heavy atom. The molecule has 0 spiro atoms. The number of anilines is 4. The average Bonchev–Trinajstić information content (AvgIpc) is 3.69. The highest BCUT2D eigenvalue weighted by Crippen LogP contribution is 2.45. The van der Waals surface area contributed by atoms with Crippen LogP contribution in [-0.2, 0) is 18.3 Å². The molecule has 3 N–H and O–H groups in total. The zero-order valence-electron chi connectivity index (χ0n) is 22.3. The van der Waals surface area contributed by atoms with Crippen LogP contribution in [0.5, 0.6) is 0 Å². The molecule has 12 nitrogen and oxygen atoms in total. The fraction of sp³-hybridized carbons (Fsp3) is 0.250. The highest BCUT2D eigenvalue weighted by atomic mass is 19.1. The second kappa shape index (κ2) is 9.55. The van der Waals surface area contributed by atoms with E-state index in [0.29, 0.717) is 47.8 Å². The Labute approximate surface area is 232 Å². The number of aromatic amines is 1. The average molecular weight is 556 g/mol. The molecule has 0 radical (unpaired) electrons. The number of amides is 1. The summed E-state index contributed by atoms with van der Waals surface area (Å²) in [7, 11) is 3.65. The molecule has 1 amide bonds. The Hall–Kier alpha value is -5.04. The second-order valence-electron chi connectivity index (χ2n) is 10.3. The zero-order chi connectivity index (χ0) is 28.2. The lowest BCUT2D eigenvalue weighted by atomic mass is 9.97. The van der Waals surface area contributed by atoms with Gasteiger partial charge in [-0.3, -0.25) is 19.0 Å². The van der Waals surface area contributed by atoms with Gasteiger partial charge in [-0.25, -0.2) is 9.37 Å². The van der Waals surface area contributed by atoms with E-state index in [0.717, 1.165) is 23.4 Å². The second-order valence-corrected chi connectivity index (χ2v) is 10.3. The summed E-state index contributed by atoms with van der Waals surface area (Å²) in [4.78, 5) is 34.9. The minimum Gasteiger partial charge on any atom is -0.379 e. The van der Waals surface area contributed by atoms with Crippen molar-refractivity contribution in [3.05, 3.63) is 76.5 Å². The SMILES string of the molecule is CN1Cc2c(cnn2C2CCOC2)-c2cc(F)cc(Nc3cc(NC(=O)c4cnn(C)c4)nc4cc[nH]c(=O)c34)c21. The molecule has 1 aromatic carbocycles. The Bertz CT molecular complexity index is 1890. The van der Waals surface area contributed by atoms with Crippen LogP contribution in [-0.4, -0.2) is 55.7 Å². The van der Waals surface area contributed by atoms with Gasteiger partial charge in [-0.05, 0) is 24.6 Å². The summed E-state index contributed by atoms with van der Waals surface area (Å²) in [6.45, 7) is 1.85. The van der Waals surface area contributed by atoms with Crippen molar-refractivity contribution in [2.45, 2.75) is 19.0 Å². The summed E-state index contributed by atoms with van der Waals surface area (Å²) in [5.74, 6) is -0.622. The number of hydrogen-bond acceptors (Lipinski definition) is 8. The summed E-state index contributed by atoms with van der Waals surface area (Å²) in [6.07, 6.45) is 7.18. The number of H-pyrrole nitrogens is 1. The van der Waals surface area contributed by atoms with Crippen LogP contribution in [0.3, 0.4) is 0 Å². The maximum absolute atomic E-state index is 15.2. The van der Waals surface area contributed by atoms with Gasteiger partial charge in [0, 0.05) is 50.3 Å². The number of rotatable bonds is 5. The molecule has 13 heteroatoms. The first kappa shape index (κ1) is 25.0. The van der Waals surface area contributed by atoms with E-state index in [-0.39, 0.29) is 22.8 Å². The highest BCUT2D eigenvalue weighted by molar-refractivity contribution is 6.05. The van der Waals surface area contributed by atoms with Gasteiger partial charge in [0.25, 0.3) is 11.5 Å². The number of aromatic nitrogens is 6. The molecule has 0 saturated carbocycles. The topological polar surface area (TPSA) is 135 Å². The third kappa shape index (κ3) is 4.30. The molecule has 2 aliphatic rings. The minimum absolute atomic E-state index is 0.148. The fourth-order valence-electron chi connectivity index (χ4n) is 5.64. The molecule has 0 bridgehead atoms. The van der Waals surface area contributed by atoms with Crippen molar-refractivity contribution in [1.29, 1.82) is 0 Å². The van der Waals surface area contributed by atoms with Gasteiger partial charge in [0.05, 0.1) is 70.8 Å². The zero-order valence-corrected chi connectivity index (χ0v) is 22.3. The molecule has 0 aliphatic carbocycles. The summed E-state index contributed by atoms with van der Waals surface area (Å²) >= 11 is 0. The van der Waals surface area contributed by atoms with Gasteiger partial charge in [-0.2, -0.15) is 10.2 Å². The number of halogens is 1. The van der Waals surface area contributed by atoms with E-state index in [1.165, 1.54) is 29.2 Å². The molecule has 4 aromatic heterocycles. The van der Waals surface area contributed by atoms with Crippen LogP contribution >= 0.6 is 0 Å². The number of carbonyl (C=O) groups excluding carboxylic acids is 1. The van der Waals surface area contributed by atoms with Crippen LogP contribution in [0.4, 0.5) is 27.3 Å². The number of nitrogens with zero attached hydrogens (tertiary/aromatic N) is 6. The molecule has 7 rings (SSSR count). The van der Waals surface area contributed by atoms with Crippen LogP contribution < -0.4 is 21.1 Å². The normalized spacial score (nSPS) is 16.1. The lowest BCUT2D eigenvalue weighted by Crippen LogP contribution is -2.26. The fourth-order valence-corrected chi connectivity index (χ4v) is 5.64. The molecule has 5 aromatic rings. The van der Waals surface area contributed by atoms with Gasteiger partial charge < -0.3 is 25.3 Å². The lowest BCUT2D eigenvalue weighted by Gasteiger charge is -2.31. The van der Waals surface area contributed by atoms with Crippen LogP contribution in [0.25, 0.3) is 22.0 Å². The molecule has 1 saturated heterocycles. The van der Waals surface area contributed by atoms with Crippen molar-refractivity contribution < 1.29 is 13.9 Å². The predicted octanol–water partition coefficient (Wildman–Crippen LogP) is 3.57. The Kier molecular flexibility index (Phi) is 5.82. The van der Waals surface area contributed by atoms with Gasteiger partial charge in [0.2, 0.25) is 0 Å². The predicted molar refractivity (Wildman–Crippen MR) is 151 cm³/mol. The summed E-state index contributed by atoms with van der Waals surface area (Å²) in [6, 6.07) is 6.25. The molecule has 41 heavy (non-hydrogen) atoms. The van der Waals surface area contributed by atoms with E-state index in [1.807, 2.05) is 16.6 Å². The van der Waals surface area contributed by atoms with Crippen molar-refractivity contribution >= 4 is 39.7 Å². The van der Waals surface area contributed by atoms with Crippen LogP contribution in [0.2, 0.25) is 0 Å². The molecule has 1 unspecified atom stereocenters. The van der Waals surface area contributed by atoms with Gasteiger partial charge in [-0.15, -0.1) is 0 Å². The first-order valence-corrected chi connectivity index (χ1v) is 13.1. The van der Waals surface area contributed by atoms with E-state index in [2.05, 4.69) is 30.8 Å². The number of pyridine rings is 2. The largest absolute Gasteiger partial charge is 0.379 e. The van der Waals surface area contributed by atoms with Gasteiger partial charge in [0.15, 0.2) is 0 Å². The quantitative estimate of drug-likeness (QED) is 0.300. The van der Waals surface area contributed by atoms with Crippen LogP contribution in [0, 0.1) is 5.82 Å². The summed E-state index contributed by atoms with van der Waals surface area (Å²) in [5, 5.41) is 15.0. The number of benzene rings is 1. The first-order valence-electron chi connectivity index (χ1n) is 13.1. The van der Waals surface area contributed by atoms with E-state index < -0.39 is 11.7 Å². The number of fused-ring (bicyclic) bond motifs is 4. The Morgan fingerprint density at radius 3 is 2.80 bits per heavy atom. The Morgan fingerprint density at radius 1 is 1.15 bits per heavy atom. The van der Waals surface area contributed by atoms with Crippen molar-refractivity contribution in [2.24, 2.45) is 7.05 Å².